The Bertz CT molecular complexity index is 532. The number of ether oxygens (including phenoxy) is 1. The number of aliphatic hydroxyl groups is 1. The smallest absolute Gasteiger partial charge is 0.119 e. The molecule has 0 spiro atoms. The number of aryl methyl sites for hydroxylation is 1. The van der Waals surface area contributed by atoms with Crippen LogP contribution in [0.15, 0.2) is 36.5 Å². The fourth-order valence-corrected chi connectivity index (χ4v) is 1.97. The molecule has 0 aliphatic carbocycles. The van der Waals surface area contributed by atoms with Gasteiger partial charge in [0.2, 0.25) is 0 Å². The molecule has 4 nitrogen and oxygen atoms in total. The Morgan fingerprint density at radius 1 is 1.39 bits per heavy atom. The lowest BCUT2D eigenvalue weighted by molar-refractivity contribution is 0.0562. The van der Waals surface area contributed by atoms with Crippen molar-refractivity contribution in [3.05, 3.63) is 47.8 Å². The number of hydrogen-bond acceptors (Lipinski definition) is 3. The van der Waals surface area contributed by atoms with Crippen molar-refractivity contribution < 1.29 is 9.84 Å². The third-order valence-corrected chi connectivity index (χ3v) is 2.99. The molecule has 0 aliphatic heterocycles. The van der Waals surface area contributed by atoms with Crippen LogP contribution in [0.1, 0.15) is 18.2 Å². The van der Waals surface area contributed by atoms with Crippen molar-refractivity contribution in [3.8, 4) is 5.75 Å². The predicted molar refractivity (Wildman–Crippen MR) is 69.5 cm³/mol. The summed E-state index contributed by atoms with van der Waals surface area (Å²) in [6.45, 7) is 1.79. The molecule has 0 radical (unpaired) electrons. The topological polar surface area (TPSA) is 47.3 Å². The molecule has 1 unspecified atom stereocenters. The average molecular weight is 246 g/mol. The molecular weight excluding hydrogens is 228 g/mol. The fourth-order valence-electron chi connectivity index (χ4n) is 1.97. The van der Waals surface area contributed by atoms with E-state index in [1.54, 1.807) is 18.7 Å². The summed E-state index contributed by atoms with van der Waals surface area (Å²) in [5.41, 5.74) is 0.737. The molecule has 0 saturated carbocycles. The van der Waals surface area contributed by atoms with E-state index in [9.17, 15) is 5.11 Å². The van der Waals surface area contributed by atoms with Gasteiger partial charge in [-0.25, -0.2) is 0 Å². The lowest BCUT2D eigenvalue weighted by Gasteiger charge is -2.23. The zero-order valence-electron chi connectivity index (χ0n) is 10.9. The first-order chi connectivity index (χ1) is 8.51. The molecule has 2 rings (SSSR count). The zero-order chi connectivity index (χ0) is 13.2. The molecule has 1 aromatic heterocycles. The first-order valence-corrected chi connectivity index (χ1v) is 5.87. The Kier molecular flexibility index (Phi) is 3.39. The van der Waals surface area contributed by atoms with Gasteiger partial charge in [0, 0.05) is 19.7 Å². The first-order valence-electron chi connectivity index (χ1n) is 5.87. The lowest BCUT2D eigenvalue weighted by Crippen LogP contribution is -2.24. The fraction of sp³-hybridized carbons (Fsp3) is 0.357. The van der Waals surface area contributed by atoms with Gasteiger partial charge in [-0.3, -0.25) is 4.68 Å². The molecule has 0 saturated heterocycles. The van der Waals surface area contributed by atoms with E-state index >= 15 is 0 Å². The highest BCUT2D eigenvalue weighted by atomic mass is 16.5. The summed E-state index contributed by atoms with van der Waals surface area (Å²) >= 11 is 0. The molecule has 18 heavy (non-hydrogen) atoms. The van der Waals surface area contributed by atoms with Gasteiger partial charge in [0.25, 0.3) is 0 Å². The van der Waals surface area contributed by atoms with E-state index in [1.165, 1.54) is 0 Å². The largest absolute Gasteiger partial charge is 0.497 e. The second-order valence-electron chi connectivity index (χ2n) is 4.66. The van der Waals surface area contributed by atoms with E-state index in [2.05, 4.69) is 5.10 Å². The second kappa shape index (κ2) is 4.82. The summed E-state index contributed by atoms with van der Waals surface area (Å²) in [6.07, 6.45) is 2.35. The number of rotatable bonds is 4. The number of methoxy groups -OCH3 is 1. The quantitative estimate of drug-likeness (QED) is 0.896. The summed E-state index contributed by atoms with van der Waals surface area (Å²) in [5.74, 6) is 0.744. The van der Waals surface area contributed by atoms with Gasteiger partial charge in [-0.1, -0.05) is 12.1 Å². The maximum atomic E-state index is 10.6. The van der Waals surface area contributed by atoms with Gasteiger partial charge >= 0.3 is 0 Å². The highest BCUT2D eigenvalue weighted by molar-refractivity contribution is 5.32. The van der Waals surface area contributed by atoms with Crippen molar-refractivity contribution >= 4 is 0 Å². The Hall–Kier alpha value is -1.81. The summed E-state index contributed by atoms with van der Waals surface area (Å²) in [4.78, 5) is 0. The van der Waals surface area contributed by atoms with Crippen molar-refractivity contribution in [3.63, 3.8) is 0 Å². The van der Waals surface area contributed by atoms with E-state index in [1.807, 2.05) is 43.6 Å². The van der Waals surface area contributed by atoms with Crippen LogP contribution in [-0.2, 0) is 19.1 Å². The molecule has 0 amide bonds. The second-order valence-corrected chi connectivity index (χ2v) is 4.66. The number of benzene rings is 1. The minimum Gasteiger partial charge on any atom is -0.497 e. The third kappa shape index (κ3) is 2.71. The normalized spacial score (nSPS) is 14.2. The van der Waals surface area contributed by atoms with E-state index in [4.69, 9.17) is 4.74 Å². The van der Waals surface area contributed by atoms with E-state index in [0.29, 0.717) is 6.42 Å². The van der Waals surface area contributed by atoms with Crippen molar-refractivity contribution in [1.82, 2.24) is 9.78 Å². The molecule has 0 fully saturated rings. The van der Waals surface area contributed by atoms with Crippen molar-refractivity contribution in [2.24, 2.45) is 7.05 Å². The van der Waals surface area contributed by atoms with E-state index in [0.717, 1.165) is 17.0 Å². The van der Waals surface area contributed by atoms with Crippen LogP contribution in [0.2, 0.25) is 0 Å². The van der Waals surface area contributed by atoms with Crippen molar-refractivity contribution in [2.45, 2.75) is 18.9 Å². The van der Waals surface area contributed by atoms with Crippen LogP contribution < -0.4 is 4.74 Å². The maximum Gasteiger partial charge on any atom is 0.119 e. The van der Waals surface area contributed by atoms with Gasteiger partial charge in [-0.2, -0.15) is 5.10 Å². The van der Waals surface area contributed by atoms with Crippen LogP contribution in [0, 0.1) is 0 Å². The first kappa shape index (κ1) is 12.6. The number of nitrogens with zero attached hydrogens (tertiary/aromatic N) is 2. The molecule has 0 aliphatic rings. The zero-order valence-corrected chi connectivity index (χ0v) is 10.9. The molecule has 1 N–H and O–H groups in total. The number of aromatic nitrogens is 2. The molecule has 0 bridgehead atoms. The van der Waals surface area contributed by atoms with Crippen LogP contribution in [0.25, 0.3) is 0 Å². The monoisotopic (exact) mass is 246 g/mol. The average Bonchev–Trinajstić information content (AvgIpc) is 2.74. The highest BCUT2D eigenvalue weighted by Crippen LogP contribution is 2.27. The molecular formula is C14H18N2O2. The number of hydrogen-bond donors (Lipinski definition) is 1. The lowest BCUT2D eigenvalue weighted by atomic mass is 9.91. The minimum absolute atomic E-state index is 0.473. The Morgan fingerprint density at radius 2 is 2.17 bits per heavy atom. The summed E-state index contributed by atoms with van der Waals surface area (Å²) in [7, 11) is 3.48. The molecule has 1 aromatic carbocycles. The predicted octanol–water partition coefficient (Wildman–Crippen LogP) is 1.88. The Morgan fingerprint density at radius 3 is 2.78 bits per heavy atom. The summed E-state index contributed by atoms with van der Waals surface area (Å²) in [6, 6.07) is 9.39. The SMILES string of the molecule is COc1cccc(C(C)(O)Cc2ccn(C)n2)c1. The minimum atomic E-state index is -0.955. The highest BCUT2D eigenvalue weighted by Gasteiger charge is 2.25. The van der Waals surface area contributed by atoms with Gasteiger partial charge in [0.1, 0.15) is 5.75 Å². The van der Waals surface area contributed by atoms with Crippen LogP contribution in [0.3, 0.4) is 0 Å². The molecule has 2 aromatic rings. The molecule has 96 valence electrons. The van der Waals surface area contributed by atoms with Gasteiger partial charge in [0.05, 0.1) is 18.4 Å². The summed E-state index contributed by atoms with van der Waals surface area (Å²) in [5, 5.41) is 14.9. The van der Waals surface area contributed by atoms with Crippen LogP contribution in [-0.4, -0.2) is 22.0 Å². The Balaban J connectivity index is 2.23. The van der Waals surface area contributed by atoms with Crippen LogP contribution in [0.5, 0.6) is 5.75 Å². The Labute approximate surface area is 107 Å². The van der Waals surface area contributed by atoms with E-state index in [-0.39, 0.29) is 0 Å². The molecule has 4 heteroatoms. The van der Waals surface area contributed by atoms with E-state index < -0.39 is 5.60 Å². The van der Waals surface area contributed by atoms with Crippen molar-refractivity contribution in [1.29, 1.82) is 0 Å². The van der Waals surface area contributed by atoms with Crippen LogP contribution in [0.4, 0.5) is 0 Å². The van der Waals surface area contributed by atoms with Gasteiger partial charge in [0.15, 0.2) is 0 Å². The molecule has 1 heterocycles. The molecule has 1 atom stereocenters. The van der Waals surface area contributed by atoms with Gasteiger partial charge < -0.3 is 9.84 Å². The standard InChI is InChI=1S/C14H18N2O2/c1-14(17,10-12-7-8-16(2)15-12)11-5-4-6-13(9-11)18-3/h4-9,17H,10H2,1-3H3. The third-order valence-electron chi connectivity index (χ3n) is 2.99. The van der Waals surface area contributed by atoms with Gasteiger partial charge in [-0.05, 0) is 30.7 Å². The van der Waals surface area contributed by atoms with Gasteiger partial charge in [-0.15, -0.1) is 0 Å². The van der Waals surface area contributed by atoms with Crippen LogP contribution >= 0.6 is 0 Å². The van der Waals surface area contributed by atoms with Crippen molar-refractivity contribution in [2.75, 3.05) is 7.11 Å². The maximum absolute atomic E-state index is 10.6. The summed E-state index contributed by atoms with van der Waals surface area (Å²) < 4.78 is 6.91.